The van der Waals surface area contributed by atoms with Crippen LogP contribution in [0.5, 0.6) is 11.5 Å². The minimum Gasteiger partial charge on any atom is -0.457 e. The van der Waals surface area contributed by atoms with Crippen LogP contribution in [0.3, 0.4) is 0 Å². The smallest absolute Gasteiger partial charge is 0.417 e. The Kier molecular flexibility index (Phi) is 6.26. The van der Waals surface area contributed by atoms with E-state index < -0.39 is 22.7 Å². The first-order valence-electron chi connectivity index (χ1n) is 10.9. The zero-order valence-corrected chi connectivity index (χ0v) is 19.9. The van der Waals surface area contributed by atoms with Gasteiger partial charge in [0.1, 0.15) is 17.8 Å². The van der Waals surface area contributed by atoms with Gasteiger partial charge in [-0.1, -0.05) is 11.6 Å². The average Bonchev–Trinajstić information content (AvgIpc) is 3.30. The van der Waals surface area contributed by atoms with Gasteiger partial charge in [0, 0.05) is 29.2 Å². The van der Waals surface area contributed by atoms with Gasteiger partial charge >= 0.3 is 6.18 Å². The molecule has 0 saturated heterocycles. The number of carbonyl (C=O) groups excluding carboxylic acids is 1. The van der Waals surface area contributed by atoms with Crippen LogP contribution >= 0.6 is 11.6 Å². The predicted molar refractivity (Wildman–Crippen MR) is 132 cm³/mol. The summed E-state index contributed by atoms with van der Waals surface area (Å²) in [7, 11) is 0. The summed E-state index contributed by atoms with van der Waals surface area (Å²) < 4.78 is 47.0. The molecular weight excluding hydrogens is 507 g/mol. The largest absolute Gasteiger partial charge is 0.457 e. The standard InChI is InChI=1S/C26H17ClF3N5O2/c1-15-12-31-14-35(15)24-13-32-22-9-7-19(11-23(22)34-24)37-18-5-3-17(4-6-18)33-25(36)16-2-8-21(27)20(10-16)26(28,29)30/h2-14H,1H3,(H,33,36). The number of benzene rings is 3. The molecule has 0 spiro atoms. The Balaban J connectivity index is 1.30. The number of halogens is 4. The van der Waals surface area contributed by atoms with E-state index in [4.69, 9.17) is 16.3 Å². The molecule has 0 aliphatic heterocycles. The molecule has 1 amide bonds. The van der Waals surface area contributed by atoms with Crippen molar-refractivity contribution in [3.05, 3.63) is 101 Å². The second-order valence-electron chi connectivity index (χ2n) is 8.06. The van der Waals surface area contributed by atoms with Crippen LogP contribution in [0, 0.1) is 6.92 Å². The number of aryl methyl sites for hydroxylation is 1. The van der Waals surface area contributed by atoms with Crippen molar-refractivity contribution in [2.24, 2.45) is 0 Å². The van der Waals surface area contributed by atoms with Gasteiger partial charge in [0.2, 0.25) is 0 Å². The second kappa shape index (κ2) is 9.55. The highest BCUT2D eigenvalue weighted by Gasteiger charge is 2.33. The zero-order valence-electron chi connectivity index (χ0n) is 19.1. The molecule has 5 rings (SSSR count). The van der Waals surface area contributed by atoms with Crippen molar-refractivity contribution in [3.63, 3.8) is 0 Å². The van der Waals surface area contributed by atoms with Gasteiger partial charge in [0.05, 0.1) is 27.8 Å². The van der Waals surface area contributed by atoms with E-state index in [-0.39, 0.29) is 5.56 Å². The molecule has 186 valence electrons. The number of carbonyl (C=O) groups is 1. The quantitative estimate of drug-likeness (QED) is 0.273. The number of alkyl halides is 3. The molecule has 0 saturated carbocycles. The Hall–Kier alpha value is -4.44. The number of ether oxygens (including phenoxy) is 1. The summed E-state index contributed by atoms with van der Waals surface area (Å²) in [5.41, 5.74) is 1.39. The average molecular weight is 524 g/mol. The summed E-state index contributed by atoms with van der Waals surface area (Å²) in [6.07, 6.45) is 0.389. The molecule has 3 aromatic carbocycles. The van der Waals surface area contributed by atoms with E-state index in [2.05, 4.69) is 20.3 Å². The molecule has 0 unspecified atom stereocenters. The van der Waals surface area contributed by atoms with E-state index in [1.165, 1.54) is 6.07 Å². The highest BCUT2D eigenvalue weighted by Crippen LogP contribution is 2.35. The molecule has 2 aromatic heterocycles. The molecule has 0 radical (unpaired) electrons. The molecule has 11 heteroatoms. The molecule has 2 heterocycles. The maximum atomic E-state index is 13.1. The number of nitrogens with one attached hydrogen (secondary N) is 1. The van der Waals surface area contributed by atoms with Gasteiger partial charge in [-0.3, -0.25) is 14.3 Å². The first-order valence-corrected chi connectivity index (χ1v) is 11.3. The molecule has 0 bridgehead atoms. The molecule has 0 aliphatic rings. The summed E-state index contributed by atoms with van der Waals surface area (Å²) in [5, 5.41) is 2.09. The Labute approximate surface area is 213 Å². The lowest BCUT2D eigenvalue weighted by atomic mass is 10.1. The highest BCUT2D eigenvalue weighted by atomic mass is 35.5. The fourth-order valence-corrected chi connectivity index (χ4v) is 3.82. The van der Waals surface area contributed by atoms with Crippen molar-refractivity contribution in [1.82, 2.24) is 19.5 Å². The number of hydrogen-bond donors (Lipinski definition) is 1. The summed E-state index contributed by atoms with van der Waals surface area (Å²) >= 11 is 5.62. The van der Waals surface area contributed by atoms with Crippen LogP contribution in [0.1, 0.15) is 21.6 Å². The predicted octanol–water partition coefficient (Wildman–Crippen LogP) is 6.84. The lowest BCUT2D eigenvalue weighted by molar-refractivity contribution is -0.137. The number of amides is 1. The van der Waals surface area contributed by atoms with E-state index >= 15 is 0 Å². The van der Waals surface area contributed by atoms with Crippen LogP contribution in [0.15, 0.2) is 79.4 Å². The monoisotopic (exact) mass is 523 g/mol. The third kappa shape index (κ3) is 5.24. The summed E-state index contributed by atoms with van der Waals surface area (Å²) in [6.45, 7) is 1.92. The fraction of sp³-hybridized carbons (Fsp3) is 0.0769. The number of anilines is 1. The van der Waals surface area contributed by atoms with Crippen molar-refractivity contribution < 1.29 is 22.7 Å². The number of imidazole rings is 1. The Morgan fingerprint density at radius 2 is 1.73 bits per heavy atom. The Morgan fingerprint density at radius 1 is 0.973 bits per heavy atom. The third-order valence-corrected chi connectivity index (χ3v) is 5.78. The molecule has 0 aliphatic carbocycles. The second-order valence-corrected chi connectivity index (χ2v) is 8.46. The lowest BCUT2D eigenvalue weighted by Gasteiger charge is -2.12. The number of rotatable bonds is 5. The summed E-state index contributed by atoms with van der Waals surface area (Å²) in [6, 6.07) is 14.7. The van der Waals surface area contributed by atoms with Gasteiger partial charge in [-0.25, -0.2) is 9.97 Å². The third-order valence-electron chi connectivity index (χ3n) is 5.45. The summed E-state index contributed by atoms with van der Waals surface area (Å²) in [5.74, 6) is 0.937. The van der Waals surface area contributed by atoms with Crippen molar-refractivity contribution in [2.75, 3.05) is 5.32 Å². The van der Waals surface area contributed by atoms with Gasteiger partial charge in [-0.15, -0.1) is 0 Å². The van der Waals surface area contributed by atoms with E-state index in [9.17, 15) is 18.0 Å². The molecular formula is C26H17ClF3N5O2. The SMILES string of the molecule is Cc1cncn1-c1cnc2ccc(Oc3ccc(NC(=O)c4ccc(Cl)c(C(F)(F)F)c4)cc3)cc2n1. The molecule has 5 aromatic rings. The normalized spacial score (nSPS) is 11.5. The van der Waals surface area contributed by atoms with Crippen LogP contribution in [0.4, 0.5) is 18.9 Å². The maximum absolute atomic E-state index is 13.1. The molecule has 0 atom stereocenters. The Morgan fingerprint density at radius 3 is 2.43 bits per heavy atom. The van der Waals surface area contributed by atoms with Crippen LogP contribution < -0.4 is 10.1 Å². The van der Waals surface area contributed by atoms with Crippen molar-refractivity contribution in [3.8, 4) is 17.3 Å². The molecule has 37 heavy (non-hydrogen) atoms. The van der Waals surface area contributed by atoms with Crippen LogP contribution in [-0.2, 0) is 6.18 Å². The van der Waals surface area contributed by atoms with E-state index in [1.807, 2.05) is 11.5 Å². The van der Waals surface area contributed by atoms with E-state index in [0.29, 0.717) is 34.0 Å². The Bertz CT molecular complexity index is 1620. The number of nitrogens with zero attached hydrogens (tertiary/aromatic N) is 4. The topological polar surface area (TPSA) is 81.9 Å². The van der Waals surface area contributed by atoms with Crippen LogP contribution in [0.2, 0.25) is 5.02 Å². The molecule has 7 nitrogen and oxygen atoms in total. The number of hydrogen-bond acceptors (Lipinski definition) is 5. The molecule has 0 fully saturated rings. The van der Waals surface area contributed by atoms with E-state index in [1.54, 1.807) is 61.2 Å². The lowest BCUT2D eigenvalue weighted by Crippen LogP contribution is -2.14. The number of fused-ring (bicyclic) bond motifs is 1. The minimum atomic E-state index is -4.67. The van der Waals surface area contributed by atoms with Gasteiger partial charge in [0.25, 0.3) is 5.91 Å². The zero-order chi connectivity index (χ0) is 26.2. The fourth-order valence-electron chi connectivity index (χ4n) is 3.59. The molecule has 1 N–H and O–H groups in total. The van der Waals surface area contributed by atoms with Gasteiger partial charge in [-0.2, -0.15) is 13.2 Å². The van der Waals surface area contributed by atoms with Crippen LogP contribution in [0.25, 0.3) is 16.9 Å². The van der Waals surface area contributed by atoms with Crippen molar-refractivity contribution >= 4 is 34.2 Å². The first-order chi connectivity index (χ1) is 17.7. The van der Waals surface area contributed by atoms with Gasteiger partial charge in [-0.05, 0) is 61.5 Å². The summed E-state index contributed by atoms with van der Waals surface area (Å²) in [4.78, 5) is 25.6. The first kappa shape index (κ1) is 24.3. The number of aromatic nitrogens is 4. The van der Waals surface area contributed by atoms with E-state index in [0.717, 1.165) is 17.8 Å². The van der Waals surface area contributed by atoms with Gasteiger partial charge in [0.15, 0.2) is 5.82 Å². The highest BCUT2D eigenvalue weighted by molar-refractivity contribution is 6.31. The minimum absolute atomic E-state index is 0.167. The maximum Gasteiger partial charge on any atom is 0.417 e. The van der Waals surface area contributed by atoms with Crippen molar-refractivity contribution in [2.45, 2.75) is 13.1 Å². The van der Waals surface area contributed by atoms with Crippen molar-refractivity contribution in [1.29, 1.82) is 0 Å². The van der Waals surface area contributed by atoms with Gasteiger partial charge < -0.3 is 10.1 Å². The van der Waals surface area contributed by atoms with Crippen LogP contribution in [-0.4, -0.2) is 25.4 Å².